The van der Waals surface area contributed by atoms with Crippen molar-refractivity contribution in [3.05, 3.63) is 90.6 Å². The van der Waals surface area contributed by atoms with Gasteiger partial charge in [0, 0.05) is 28.9 Å². The van der Waals surface area contributed by atoms with E-state index in [-0.39, 0.29) is 10.8 Å². The average Bonchev–Trinajstić information content (AvgIpc) is 2.78. The van der Waals surface area contributed by atoms with Crippen LogP contribution in [-0.4, -0.2) is 19.3 Å². The zero-order chi connectivity index (χ0) is 22.7. The Labute approximate surface area is 185 Å². The third-order valence-electron chi connectivity index (χ3n) is 4.91. The molecule has 7 nitrogen and oxygen atoms in total. The Morgan fingerprint density at radius 3 is 2.47 bits per heavy atom. The van der Waals surface area contributed by atoms with Gasteiger partial charge in [0.15, 0.2) is 0 Å². The number of nitrogens with one attached hydrogen (secondary N) is 1. The molecule has 0 saturated carbocycles. The maximum absolute atomic E-state index is 12.3. The van der Waals surface area contributed by atoms with E-state index in [0.29, 0.717) is 22.6 Å². The number of pyridine rings is 1. The number of hydrogen-bond acceptors (Lipinski definition) is 5. The van der Waals surface area contributed by atoms with E-state index in [0.717, 1.165) is 16.3 Å². The molecular formula is C24H20N4O3S. The van der Waals surface area contributed by atoms with Gasteiger partial charge in [0.2, 0.25) is 15.9 Å². The van der Waals surface area contributed by atoms with Crippen LogP contribution in [0.15, 0.2) is 90.0 Å². The first kappa shape index (κ1) is 21.2. The van der Waals surface area contributed by atoms with E-state index >= 15 is 0 Å². The monoisotopic (exact) mass is 444 g/mol. The largest absolute Gasteiger partial charge is 0.383 e. The number of anilines is 2. The molecule has 1 amide bonds. The highest BCUT2D eigenvalue weighted by molar-refractivity contribution is 7.89. The molecule has 4 aromatic rings. The van der Waals surface area contributed by atoms with E-state index in [1.165, 1.54) is 12.1 Å². The Kier molecular flexibility index (Phi) is 5.72. The number of carbonyl (C=O) groups is 1. The van der Waals surface area contributed by atoms with Crippen LogP contribution in [0, 0.1) is 0 Å². The van der Waals surface area contributed by atoms with Crippen molar-refractivity contribution in [2.24, 2.45) is 5.14 Å². The van der Waals surface area contributed by atoms with Gasteiger partial charge < -0.3 is 11.1 Å². The van der Waals surface area contributed by atoms with Crippen molar-refractivity contribution in [2.45, 2.75) is 4.90 Å². The quantitative estimate of drug-likeness (QED) is 0.404. The lowest BCUT2D eigenvalue weighted by Crippen LogP contribution is -2.13. The molecule has 0 bridgehead atoms. The van der Waals surface area contributed by atoms with Crippen LogP contribution in [0.5, 0.6) is 0 Å². The minimum Gasteiger partial charge on any atom is -0.383 e. The van der Waals surface area contributed by atoms with E-state index in [4.69, 9.17) is 10.9 Å². The first-order valence-corrected chi connectivity index (χ1v) is 11.2. The molecule has 0 aliphatic rings. The van der Waals surface area contributed by atoms with Gasteiger partial charge in [-0.25, -0.2) is 18.5 Å². The molecule has 1 heterocycles. The third kappa shape index (κ3) is 4.66. The maximum atomic E-state index is 12.3. The van der Waals surface area contributed by atoms with Gasteiger partial charge in [0.1, 0.15) is 5.82 Å². The van der Waals surface area contributed by atoms with Crippen LogP contribution in [0.25, 0.3) is 28.0 Å². The van der Waals surface area contributed by atoms with Gasteiger partial charge in [-0.05, 0) is 52.9 Å². The molecular weight excluding hydrogens is 424 g/mol. The number of benzene rings is 3. The number of nitrogen functional groups attached to an aromatic ring is 1. The van der Waals surface area contributed by atoms with Crippen molar-refractivity contribution in [1.29, 1.82) is 0 Å². The van der Waals surface area contributed by atoms with E-state index in [1.54, 1.807) is 54.7 Å². The van der Waals surface area contributed by atoms with Gasteiger partial charge in [0.25, 0.3) is 0 Å². The Morgan fingerprint density at radius 2 is 1.72 bits per heavy atom. The second kappa shape index (κ2) is 8.62. The number of aromatic nitrogens is 1. The summed E-state index contributed by atoms with van der Waals surface area (Å²) < 4.78 is 23.6. The normalized spacial score (nSPS) is 11.7. The molecule has 4 rings (SSSR count). The number of nitrogens with two attached hydrogens (primary N) is 2. The van der Waals surface area contributed by atoms with Gasteiger partial charge in [-0.1, -0.05) is 42.5 Å². The van der Waals surface area contributed by atoms with Gasteiger partial charge in [0.05, 0.1) is 4.90 Å². The first-order chi connectivity index (χ1) is 15.3. The van der Waals surface area contributed by atoms with E-state index < -0.39 is 10.0 Å². The van der Waals surface area contributed by atoms with Crippen LogP contribution >= 0.6 is 0 Å². The molecule has 0 atom stereocenters. The minimum atomic E-state index is -3.85. The molecule has 0 aliphatic heterocycles. The molecule has 3 aromatic carbocycles. The first-order valence-electron chi connectivity index (χ1n) is 9.67. The predicted molar refractivity (Wildman–Crippen MR) is 127 cm³/mol. The summed E-state index contributed by atoms with van der Waals surface area (Å²) in [5, 5.41) is 9.89. The van der Waals surface area contributed by atoms with Crippen molar-refractivity contribution in [2.75, 3.05) is 11.1 Å². The lowest BCUT2D eigenvalue weighted by Gasteiger charge is -2.09. The summed E-state index contributed by atoms with van der Waals surface area (Å²) >= 11 is 0. The fourth-order valence-electron chi connectivity index (χ4n) is 3.35. The smallest absolute Gasteiger partial charge is 0.248 e. The Hall–Kier alpha value is -4.01. The molecule has 0 fully saturated rings. The lowest BCUT2D eigenvalue weighted by molar-refractivity contribution is -0.111. The minimum absolute atomic E-state index is 0.0472. The molecule has 1 aromatic heterocycles. The number of hydrogen-bond donors (Lipinski definition) is 3. The Balaban J connectivity index is 1.49. The summed E-state index contributed by atoms with van der Waals surface area (Å²) in [6.45, 7) is 0. The summed E-state index contributed by atoms with van der Waals surface area (Å²) in [5.41, 5.74) is 8.48. The van der Waals surface area contributed by atoms with E-state index in [1.807, 2.05) is 24.3 Å². The molecule has 5 N–H and O–H groups in total. The van der Waals surface area contributed by atoms with Crippen LogP contribution in [0.1, 0.15) is 5.56 Å². The molecule has 0 unspecified atom stereocenters. The van der Waals surface area contributed by atoms with Gasteiger partial charge in [-0.2, -0.15) is 0 Å². The van der Waals surface area contributed by atoms with Crippen molar-refractivity contribution in [3.63, 3.8) is 0 Å². The van der Waals surface area contributed by atoms with Crippen LogP contribution in [0.3, 0.4) is 0 Å². The summed E-state index contributed by atoms with van der Waals surface area (Å²) in [5.74, 6) is 0.133. The number of fused-ring (bicyclic) bond motifs is 1. The Morgan fingerprint density at radius 1 is 0.969 bits per heavy atom. The van der Waals surface area contributed by atoms with Crippen molar-refractivity contribution < 1.29 is 13.2 Å². The van der Waals surface area contributed by atoms with Crippen LogP contribution in [0.4, 0.5) is 11.5 Å². The van der Waals surface area contributed by atoms with Crippen LogP contribution in [0.2, 0.25) is 0 Å². The highest BCUT2D eigenvalue weighted by atomic mass is 32.2. The molecule has 0 radical (unpaired) electrons. The highest BCUT2D eigenvalue weighted by Crippen LogP contribution is 2.27. The fourth-order valence-corrected chi connectivity index (χ4v) is 4.11. The highest BCUT2D eigenvalue weighted by Gasteiger charge is 2.14. The summed E-state index contributed by atoms with van der Waals surface area (Å²) in [4.78, 5) is 16.5. The van der Waals surface area contributed by atoms with Crippen molar-refractivity contribution in [1.82, 2.24) is 4.98 Å². The topological polar surface area (TPSA) is 128 Å². The van der Waals surface area contributed by atoms with Crippen molar-refractivity contribution >= 4 is 44.3 Å². The number of carbonyl (C=O) groups excluding carboxylic acids is 1. The van der Waals surface area contributed by atoms with Crippen LogP contribution < -0.4 is 16.2 Å². The average molecular weight is 445 g/mol. The standard InChI is InChI=1S/C24H20N4O3S/c25-24-21-15-16(5-7-18(21)13-14-27-24)6-12-23(29)28-19-10-8-17(9-11-19)20-3-1-2-4-22(20)32(26,30)31/h1-15H,(H2,25,27)(H,28,29)(H2,26,30,31)/b12-6-. The van der Waals surface area contributed by atoms with E-state index in [2.05, 4.69) is 10.3 Å². The SMILES string of the molecule is Nc1nccc2ccc(/C=C\C(=O)Nc3ccc(-c4ccccc4S(N)(=O)=O)cc3)cc12. The molecule has 0 spiro atoms. The lowest BCUT2D eigenvalue weighted by atomic mass is 10.1. The number of rotatable bonds is 5. The second-order valence-electron chi connectivity index (χ2n) is 7.12. The molecule has 0 aliphatic carbocycles. The summed E-state index contributed by atoms with van der Waals surface area (Å²) in [7, 11) is -3.85. The third-order valence-corrected chi connectivity index (χ3v) is 5.87. The molecule has 0 saturated heterocycles. The number of primary sulfonamides is 1. The number of amides is 1. The van der Waals surface area contributed by atoms with Gasteiger partial charge in [-0.15, -0.1) is 0 Å². The number of sulfonamides is 1. The predicted octanol–water partition coefficient (Wildman–Crippen LogP) is 3.78. The molecule has 32 heavy (non-hydrogen) atoms. The van der Waals surface area contributed by atoms with Crippen LogP contribution in [-0.2, 0) is 14.8 Å². The zero-order valence-electron chi connectivity index (χ0n) is 16.9. The summed E-state index contributed by atoms with van der Waals surface area (Å²) in [6.07, 6.45) is 4.77. The molecule has 160 valence electrons. The zero-order valence-corrected chi connectivity index (χ0v) is 17.7. The maximum Gasteiger partial charge on any atom is 0.248 e. The van der Waals surface area contributed by atoms with Gasteiger partial charge >= 0.3 is 0 Å². The fraction of sp³-hybridized carbons (Fsp3) is 0. The van der Waals surface area contributed by atoms with E-state index in [9.17, 15) is 13.2 Å². The summed E-state index contributed by atoms with van der Waals surface area (Å²) in [6, 6.07) is 20.9. The van der Waals surface area contributed by atoms with Crippen molar-refractivity contribution in [3.8, 4) is 11.1 Å². The molecule has 8 heteroatoms. The Bertz CT molecular complexity index is 1450. The second-order valence-corrected chi connectivity index (χ2v) is 8.65. The van der Waals surface area contributed by atoms with Gasteiger partial charge in [-0.3, -0.25) is 4.79 Å². The number of nitrogens with zero attached hydrogens (tertiary/aromatic N) is 1.